The molecule has 0 atom stereocenters. The van der Waals surface area contributed by atoms with E-state index in [2.05, 4.69) is 8.02 Å². The first-order valence-electron chi connectivity index (χ1n) is 0.791. The van der Waals surface area contributed by atoms with Gasteiger partial charge in [-0.1, -0.05) is 0 Å². The van der Waals surface area contributed by atoms with Gasteiger partial charge in [-0.05, 0) is 0 Å². The number of hydrogen-bond acceptors (Lipinski definition) is 0. The van der Waals surface area contributed by atoms with Gasteiger partial charge >= 0.3 is 35.3 Å². The maximum atomic E-state index is 10.9. The fourth-order valence-corrected chi connectivity index (χ4v) is 0. The predicted molar refractivity (Wildman–Crippen MR) is 29.5 cm³/mol. The van der Waals surface area contributed by atoms with Crippen LogP contribution in [-0.4, -0.2) is 6.72 Å². The van der Waals surface area contributed by atoms with Crippen LogP contribution < -0.4 is 0 Å². The SMILES string of the molecule is [B]=S(=P)=PF. The molecule has 1 radical (unpaired) electrons. The van der Waals surface area contributed by atoms with Crippen LogP contribution >= 0.6 is 15.7 Å². The van der Waals surface area contributed by atoms with Crippen molar-refractivity contribution < 1.29 is 4.20 Å². The quantitative estimate of drug-likeness (QED) is 0.339. The summed E-state index contributed by atoms with van der Waals surface area (Å²) in [5, 5.41) is 0. The van der Waals surface area contributed by atoms with Crippen molar-refractivity contribution >= 4 is 31.1 Å². The third kappa shape index (κ3) is 4.81. The van der Waals surface area contributed by atoms with Crippen LogP contribution in [0.4, 0.5) is 4.20 Å². The Morgan fingerprint density at radius 2 is 2.20 bits per heavy atom. The molecule has 0 unspecified atom stereocenters. The second-order valence-electron chi connectivity index (χ2n) is 0.384. The van der Waals surface area contributed by atoms with Crippen LogP contribution in [-0.2, 0) is 8.68 Å². The van der Waals surface area contributed by atoms with Gasteiger partial charge in [-0.2, -0.15) is 0 Å². The van der Waals surface area contributed by atoms with Gasteiger partial charge in [-0.3, -0.25) is 0 Å². The molecule has 0 nitrogen and oxygen atoms in total. The first-order valence-corrected chi connectivity index (χ1v) is 4.69. The van der Waals surface area contributed by atoms with Gasteiger partial charge in [-0.25, -0.2) is 0 Å². The summed E-state index contributed by atoms with van der Waals surface area (Å²) in [6.45, 7) is 4.85. The van der Waals surface area contributed by atoms with Crippen molar-refractivity contribution in [3.05, 3.63) is 0 Å². The van der Waals surface area contributed by atoms with Crippen molar-refractivity contribution in [2.24, 2.45) is 0 Å². The van der Waals surface area contributed by atoms with Gasteiger partial charge in [0.2, 0.25) is 0 Å². The second kappa shape index (κ2) is 3.02. The fraction of sp³-hybridized carbons (Fsp3) is 0. The van der Waals surface area contributed by atoms with Crippen molar-refractivity contribution in [2.75, 3.05) is 0 Å². The van der Waals surface area contributed by atoms with Crippen LogP contribution in [0.5, 0.6) is 0 Å². The Morgan fingerprint density at radius 1 is 2.00 bits per heavy atom. The molecule has 0 heterocycles. The van der Waals surface area contributed by atoms with Crippen LogP contribution in [0.15, 0.2) is 0 Å². The molecule has 0 spiro atoms. The van der Waals surface area contributed by atoms with Crippen molar-refractivity contribution in [1.82, 2.24) is 0 Å². The van der Waals surface area contributed by atoms with Crippen LogP contribution in [0.25, 0.3) is 0 Å². The van der Waals surface area contributed by atoms with Crippen molar-refractivity contribution in [1.29, 1.82) is 0 Å². The molecular formula is HBFP2S. The van der Waals surface area contributed by atoms with Crippen molar-refractivity contribution in [3.8, 4) is 0 Å². The Balaban J connectivity index is 4.25. The van der Waals surface area contributed by atoms with Crippen LogP contribution in [0.1, 0.15) is 0 Å². The van der Waals surface area contributed by atoms with E-state index < -0.39 is 8.68 Å². The minimum atomic E-state index is -0.711. The van der Waals surface area contributed by atoms with Gasteiger partial charge in [0, 0.05) is 0 Å². The van der Waals surface area contributed by atoms with Crippen molar-refractivity contribution in [2.45, 2.75) is 0 Å². The molecule has 0 aliphatic carbocycles. The molecule has 0 aliphatic heterocycles. The summed E-state index contributed by atoms with van der Waals surface area (Å²) in [7, 11) is 1.84. The third-order valence-electron chi connectivity index (χ3n) is 0.0743. The molecule has 0 N–H and O–H groups in total. The van der Waals surface area contributed by atoms with Gasteiger partial charge in [0.25, 0.3) is 0 Å². The fourth-order valence-electron chi connectivity index (χ4n) is 0. The Bertz CT molecular complexity index is 113. The van der Waals surface area contributed by atoms with Crippen LogP contribution in [0.2, 0.25) is 0 Å². The van der Waals surface area contributed by atoms with E-state index in [-0.39, 0.29) is 7.67 Å². The Morgan fingerprint density at radius 3 is 2.20 bits per heavy atom. The van der Waals surface area contributed by atoms with Crippen LogP contribution in [0, 0.1) is 0 Å². The summed E-state index contributed by atoms with van der Waals surface area (Å²) in [5.41, 5.74) is 0. The van der Waals surface area contributed by atoms with E-state index in [1.54, 1.807) is 0 Å². The number of hydrogen-bond donors (Lipinski definition) is 0. The Hall–Kier alpha value is 0.815. The zero-order chi connectivity index (χ0) is 4.28. The van der Waals surface area contributed by atoms with E-state index in [1.807, 2.05) is 0 Å². The average molecular weight is 125 g/mol. The normalized spacial score (nSPS) is 8.00. The van der Waals surface area contributed by atoms with E-state index in [9.17, 15) is 4.20 Å². The predicted octanol–water partition coefficient (Wildman–Crippen LogP) is 1.49. The van der Waals surface area contributed by atoms with Gasteiger partial charge in [0.1, 0.15) is 0 Å². The summed E-state index contributed by atoms with van der Waals surface area (Å²) >= 11 is 0. The molecule has 27 valence electrons. The Kier molecular flexibility index (Phi) is 3.52. The summed E-state index contributed by atoms with van der Waals surface area (Å²) < 4.78 is 10.9. The molecular weight excluding hydrogens is 124 g/mol. The number of halogens is 1. The van der Waals surface area contributed by atoms with E-state index in [0.29, 0.717) is 0 Å². The molecule has 0 saturated heterocycles. The first-order chi connectivity index (χ1) is 2.27. The van der Waals surface area contributed by atoms with E-state index in [0.717, 1.165) is 0 Å². The summed E-state index contributed by atoms with van der Waals surface area (Å²) in [4.78, 5) is 0. The van der Waals surface area contributed by atoms with Gasteiger partial charge in [0.05, 0.1) is 0 Å². The second-order valence-corrected chi connectivity index (χ2v) is 5.10. The summed E-state index contributed by atoms with van der Waals surface area (Å²) in [5.74, 6) is 0. The van der Waals surface area contributed by atoms with E-state index in [1.165, 1.54) is 0 Å². The molecule has 0 rings (SSSR count). The van der Waals surface area contributed by atoms with Gasteiger partial charge < -0.3 is 0 Å². The average Bonchev–Trinajstić information content (AvgIpc) is 1.38. The topological polar surface area (TPSA) is 0 Å². The van der Waals surface area contributed by atoms with Crippen LogP contribution in [0.3, 0.4) is 0 Å². The molecule has 0 aromatic heterocycles. The molecule has 0 fully saturated rings. The standard InChI is InChI=1S/BFHP2S/c1-5(3)4-2/h3H. The van der Waals surface area contributed by atoms with Crippen molar-refractivity contribution in [3.63, 3.8) is 0 Å². The van der Waals surface area contributed by atoms with E-state index >= 15 is 0 Å². The minimum absolute atomic E-state index is 0.284. The zero-order valence-corrected chi connectivity index (χ0v) is 5.02. The molecule has 0 amide bonds. The molecule has 0 aromatic rings. The Labute approximate surface area is 36.0 Å². The van der Waals surface area contributed by atoms with Gasteiger partial charge in [0.15, 0.2) is 0 Å². The van der Waals surface area contributed by atoms with Gasteiger partial charge in [-0.15, -0.1) is 0 Å². The first kappa shape index (κ1) is 5.81. The third-order valence-corrected chi connectivity index (χ3v) is 1.29. The van der Waals surface area contributed by atoms with E-state index in [4.69, 9.17) is 6.72 Å². The summed E-state index contributed by atoms with van der Waals surface area (Å²) in [6, 6.07) is 0. The molecule has 0 saturated carbocycles. The molecule has 5 heavy (non-hydrogen) atoms. The summed E-state index contributed by atoms with van der Waals surface area (Å²) in [6.07, 6.45) is 0. The number of rotatable bonds is 0. The maximum absolute atomic E-state index is 10.9. The molecule has 0 bridgehead atoms. The molecule has 0 aliphatic rings. The monoisotopic (exact) mass is 125 g/mol. The zero-order valence-electron chi connectivity index (χ0n) is 2.31. The molecule has 5 heteroatoms. The molecule has 0 aromatic carbocycles.